The van der Waals surface area contributed by atoms with E-state index in [-0.39, 0.29) is 6.04 Å². The van der Waals surface area contributed by atoms with Gasteiger partial charge in [-0.2, -0.15) is 5.10 Å². The Balaban J connectivity index is 1.58. The predicted molar refractivity (Wildman–Crippen MR) is 92.0 cm³/mol. The molecule has 0 radical (unpaired) electrons. The minimum Gasteiger partial charge on any atom is -0.387 e. The summed E-state index contributed by atoms with van der Waals surface area (Å²) in [5.74, 6) is 0.713. The molecule has 24 heavy (non-hydrogen) atoms. The van der Waals surface area contributed by atoms with Crippen molar-refractivity contribution in [2.24, 2.45) is 0 Å². The summed E-state index contributed by atoms with van der Waals surface area (Å²) in [5.41, 5.74) is 1.86. The molecule has 0 saturated heterocycles. The summed E-state index contributed by atoms with van der Waals surface area (Å²) in [6, 6.07) is 11.1. The number of nitrogens with one attached hydrogen (secondary N) is 1. The van der Waals surface area contributed by atoms with Gasteiger partial charge in [0.05, 0.1) is 6.10 Å². The highest BCUT2D eigenvalue weighted by molar-refractivity contribution is 6.30. The minimum atomic E-state index is -0.591. The Labute approximate surface area is 145 Å². The Kier molecular flexibility index (Phi) is 5.20. The van der Waals surface area contributed by atoms with Gasteiger partial charge >= 0.3 is 0 Å². The van der Waals surface area contributed by atoms with Gasteiger partial charge in [-0.25, -0.2) is 14.6 Å². The number of hydrogen-bond donors (Lipinski definition) is 2. The summed E-state index contributed by atoms with van der Waals surface area (Å²) >= 11 is 5.86. The quantitative estimate of drug-likeness (QED) is 0.719. The van der Waals surface area contributed by atoms with E-state index in [2.05, 4.69) is 20.4 Å². The monoisotopic (exact) mass is 343 g/mol. The highest BCUT2D eigenvalue weighted by atomic mass is 35.5. The van der Waals surface area contributed by atoms with Crippen LogP contribution in [0.2, 0.25) is 5.02 Å². The number of halogens is 1. The first kappa shape index (κ1) is 16.6. The normalized spacial score (nSPS) is 13.6. The van der Waals surface area contributed by atoms with E-state index >= 15 is 0 Å². The summed E-state index contributed by atoms with van der Waals surface area (Å²) < 4.78 is 1.60. The SMILES string of the molecule is CC(NC[C@@H](O)c1ccc(Cl)cc1)c1ccc(-n2cncn2)nc1. The van der Waals surface area contributed by atoms with Crippen LogP contribution in [0.25, 0.3) is 5.82 Å². The molecule has 3 rings (SSSR count). The molecule has 2 aromatic heterocycles. The summed E-state index contributed by atoms with van der Waals surface area (Å²) in [6.07, 6.45) is 4.28. The molecule has 0 aliphatic carbocycles. The van der Waals surface area contributed by atoms with E-state index in [0.717, 1.165) is 11.1 Å². The summed E-state index contributed by atoms with van der Waals surface area (Å²) in [7, 11) is 0. The van der Waals surface area contributed by atoms with Crippen molar-refractivity contribution in [1.29, 1.82) is 0 Å². The maximum absolute atomic E-state index is 10.2. The number of rotatable bonds is 6. The van der Waals surface area contributed by atoms with Gasteiger partial charge in [0, 0.05) is 23.8 Å². The van der Waals surface area contributed by atoms with Crippen LogP contribution < -0.4 is 5.32 Å². The van der Waals surface area contributed by atoms with Gasteiger partial charge in [0.15, 0.2) is 5.82 Å². The van der Waals surface area contributed by atoms with E-state index in [1.165, 1.54) is 6.33 Å². The maximum Gasteiger partial charge on any atom is 0.155 e. The Bertz CT molecular complexity index is 759. The molecule has 2 heterocycles. The molecular weight excluding hydrogens is 326 g/mol. The lowest BCUT2D eigenvalue weighted by Crippen LogP contribution is -2.24. The molecule has 1 aromatic carbocycles. The van der Waals surface area contributed by atoms with Gasteiger partial charge in [0.2, 0.25) is 0 Å². The third kappa shape index (κ3) is 3.97. The van der Waals surface area contributed by atoms with Crippen LogP contribution in [0.3, 0.4) is 0 Å². The highest BCUT2D eigenvalue weighted by Crippen LogP contribution is 2.18. The molecule has 2 atom stereocenters. The van der Waals surface area contributed by atoms with Crippen LogP contribution in [0, 0.1) is 0 Å². The van der Waals surface area contributed by atoms with Crippen LogP contribution in [-0.4, -0.2) is 31.4 Å². The second kappa shape index (κ2) is 7.53. The van der Waals surface area contributed by atoms with Gasteiger partial charge in [0.25, 0.3) is 0 Å². The molecule has 0 spiro atoms. The zero-order chi connectivity index (χ0) is 16.9. The number of hydrogen-bond acceptors (Lipinski definition) is 5. The molecule has 0 aliphatic rings. The van der Waals surface area contributed by atoms with Crippen LogP contribution in [-0.2, 0) is 0 Å². The van der Waals surface area contributed by atoms with Gasteiger partial charge in [-0.05, 0) is 36.2 Å². The van der Waals surface area contributed by atoms with Crippen LogP contribution in [0.5, 0.6) is 0 Å². The molecule has 0 amide bonds. The van der Waals surface area contributed by atoms with Crippen LogP contribution >= 0.6 is 11.6 Å². The molecule has 7 heteroatoms. The van der Waals surface area contributed by atoms with Gasteiger partial charge in [-0.15, -0.1) is 0 Å². The summed E-state index contributed by atoms with van der Waals surface area (Å²) in [6.45, 7) is 2.47. The fourth-order valence-corrected chi connectivity index (χ4v) is 2.45. The van der Waals surface area contributed by atoms with Crippen molar-refractivity contribution in [3.63, 3.8) is 0 Å². The Morgan fingerprint density at radius 1 is 1.17 bits per heavy atom. The maximum atomic E-state index is 10.2. The third-order valence-corrected chi connectivity index (χ3v) is 4.05. The Morgan fingerprint density at radius 3 is 2.54 bits per heavy atom. The van der Waals surface area contributed by atoms with E-state index in [9.17, 15) is 5.11 Å². The molecule has 124 valence electrons. The average molecular weight is 344 g/mol. The van der Waals surface area contributed by atoms with Crippen molar-refractivity contribution in [2.45, 2.75) is 19.1 Å². The molecule has 2 N–H and O–H groups in total. The number of aromatic nitrogens is 4. The van der Waals surface area contributed by atoms with Crippen molar-refractivity contribution in [3.8, 4) is 5.82 Å². The zero-order valence-corrected chi connectivity index (χ0v) is 13.9. The number of aliphatic hydroxyl groups is 1. The molecule has 0 saturated carbocycles. The third-order valence-electron chi connectivity index (χ3n) is 3.80. The average Bonchev–Trinajstić information content (AvgIpc) is 3.15. The zero-order valence-electron chi connectivity index (χ0n) is 13.2. The van der Waals surface area contributed by atoms with Crippen LogP contribution in [0.1, 0.15) is 30.2 Å². The van der Waals surface area contributed by atoms with Crippen molar-refractivity contribution in [1.82, 2.24) is 25.1 Å². The molecule has 0 bridgehead atoms. The van der Waals surface area contributed by atoms with E-state index in [1.807, 2.05) is 31.2 Å². The first-order chi connectivity index (χ1) is 11.6. The van der Waals surface area contributed by atoms with Crippen LogP contribution in [0.4, 0.5) is 0 Å². The van der Waals surface area contributed by atoms with Gasteiger partial charge < -0.3 is 10.4 Å². The first-order valence-corrected chi connectivity index (χ1v) is 7.99. The smallest absolute Gasteiger partial charge is 0.155 e. The summed E-state index contributed by atoms with van der Waals surface area (Å²) in [4.78, 5) is 8.28. The first-order valence-electron chi connectivity index (χ1n) is 7.61. The second-order valence-electron chi connectivity index (χ2n) is 5.49. The fourth-order valence-electron chi connectivity index (χ4n) is 2.32. The van der Waals surface area contributed by atoms with Crippen molar-refractivity contribution in [3.05, 3.63) is 71.4 Å². The molecule has 6 nitrogen and oxygen atoms in total. The van der Waals surface area contributed by atoms with Crippen LogP contribution in [0.15, 0.2) is 55.2 Å². The molecular formula is C17H18ClN5O. The van der Waals surface area contributed by atoms with Gasteiger partial charge in [0.1, 0.15) is 12.7 Å². The number of benzene rings is 1. The Hall–Kier alpha value is -2.28. The topological polar surface area (TPSA) is 75.9 Å². The molecule has 0 aliphatic heterocycles. The number of pyridine rings is 1. The standard InChI is InChI=1S/C17H18ClN5O/c1-12(20-9-16(24)13-2-5-15(18)6-3-13)14-4-7-17(21-8-14)23-11-19-10-22-23/h2-8,10-12,16,20,24H,9H2,1H3/t12?,16-/m1/s1. The highest BCUT2D eigenvalue weighted by Gasteiger charge is 2.11. The van der Waals surface area contributed by atoms with Gasteiger partial charge in [-0.1, -0.05) is 29.8 Å². The fraction of sp³-hybridized carbons (Fsp3) is 0.235. The van der Waals surface area contributed by atoms with Crippen molar-refractivity contribution in [2.75, 3.05) is 6.54 Å². The van der Waals surface area contributed by atoms with Crippen molar-refractivity contribution >= 4 is 11.6 Å². The lowest BCUT2D eigenvalue weighted by atomic mass is 10.1. The van der Waals surface area contributed by atoms with Gasteiger partial charge in [-0.3, -0.25) is 0 Å². The minimum absolute atomic E-state index is 0.0595. The lowest BCUT2D eigenvalue weighted by Gasteiger charge is -2.18. The van der Waals surface area contributed by atoms with E-state index < -0.39 is 6.10 Å². The molecule has 0 fully saturated rings. The number of aliphatic hydroxyl groups excluding tert-OH is 1. The second-order valence-corrected chi connectivity index (χ2v) is 5.92. The molecule has 3 aromatic rings. The largest absolute Gasteiger partial charge is 0.387 e. The lowest BCUT2D eigenvalue weighted by molar-refractivity contribution is 0.171. The molecule has 1 unspecified atom stereocenters. The van der Waals surface area contributed by atoms with E-state index in [1.54, 1.807) is 29.3 Å². The number of nitrogens with zero attached hydrogens (tertiary/aromatic N) is 4. The van der Waals surface area contributed by atoms with E-state index in [0.29, 0.717) is 17.4 Å². The summed E-state index contributed by atoms with van der Waals surface area (Å²) in [5, 5.41) is 18.2. The Morgan fingerprint density at radius 2 is 1.92 bits per heavy atom. The van der Waals surface area contributed by atoms with Crippen molar-refractivity contribution < 1.29 is 5.11 Å². The predicted octanol–water partition coefficient (Wildman–Crippen LogP) is 2.70. The van der Waals surface area contributed by atoms with E-state index in [4.69, 9.17) is 11.6 Å².